The summed E-state index contributed by atoms with van der Waals surface area (Å²) in [6.07, 6.45) is 2.36. The van der Waals surface area contributed by atoms with Crippen LogP contribution in [0.25, 0.3) is 10.2 Å². The summed E-state index contributed by atoms with van der Waals surface area (Å²) in [4.78, 5) is 7.15. The number of halogens is 2. The molecule has 2 heterocycles. The van der Waals surface area contributed by atoms with E-state index in [0.717, 1.165) is 47.8 Å². The fraction of sp³-hybridized carbons (Fsp3) is 0.533. The van der Waals surface area contributed by atoms with Gasteiger partial charge >= 0.3 is 0 Å². The molecule has 1 saturated heterocycles. The Bertz CT molecular complexity index is 583. The molecule has 1 atom stereocenters. The Morgan fingerprint density at radius 1 is 1.48 bits per heavy atom. The number of hydrogen-bond acceptors (Lipinski definition) is 4. The molecule has 1 aliphatic rings. The highest BCUT2D eigenvalue weighted by Crippen LogP contribution is 2.25. The first-order valence-corrected chi connectivity index (χ1v) is 8.07. The van der Waals surface area contributed by atoms with Crippen molar-refractivity contribution >= 4 is 34.0 Å². The third-order valence-corrected chi connectivity index (χ3v) is 4.80. The molecule has 2 aromatic rings. The summed E-state index contributed by atoms with van der Waals surface area (Å²) in [5.41, 5.74) is 0.910. The van der Waals surface area contributed by atoms with Crippen molar-refractivity contribution in [3.63, 3.8) is 0 Å². The third kappa shape index (κ3) is 3.92. The van der Waals surface area contributed by atoms with Crippen LogP contribution in [-0.2, 0) is 6.54 Å². The maximum absolute atomic E-state index is 13.2. The normalized spacial score (nSPS) is 18.3. The van der Waals surface area contributed by atoms with Crippen LogP contribution in [0, 0.1) is 5.82 Å². The van der Waals surface area contributed by atoms with Crippen LogP contribution in [0.5, 0.6) is 0 Å². The fourth-order valence-corrected chi connectivity index (χ4v) is 3.83. The van der Waals surface area contributed by atoms with Crippen LogP contribution in [0.1, 0.15) is 24.8 Å². The fourth-order valence-electron chi connectivity index (χ4n) is 2.82. The average Bonchev–Trinajstić information content (AvgIpc) is 3.06. The molecule has 1 unspecified atom stereocenters. The van der Waals surface area contributed by atoms with Crippen LogP contribution < -0.4 is 5.32 Å². The number of nitrogens with one attached hydrogen (secondary N) is 1. The minimum absolute atomic E-state index is 0. The summed E-state index contributed by atoms with van der Waals surface area (Å²) in [7, 11) is 0. The van der Waals surface area contributed by atoms with Crippen molar-refractivity contribution in [1.29, 1.82) is 0 Å². The van der Waals surface area contributed by atoms with E-state index in [0.29, 0.717) is 6.04 Å². The maximum atomic E-state index is 13.2. The Hall–Kier alpha value is -0.750. The quantitative estimate of drug-likeness (QED) is 0.911. The van der Waals surface area contributed by atoms with Gasteiger partial charge in [-0.2, -0.15) is 0 Å². The molecule has 1 aliphatic heterocycles. The Morgan fingerprint density at radius 2 is 2.33 bits per heavy atom. The number of hydrogen-bond donors (Lipinski definition) is 1. The van der Waals surface area contributed by atoms with Gasteiger partial charge in [-0.15, -0.1) is 23.7 Å². The predicted molar refractivity (Wildman–Crippen MR) is 88.8 cm³/mol. The number of aromatic nitrogens is 1. The van der Waals surface area contributed by atoms with Gasteiger partial charge in [-0.05, 0) is 44.1 Å². The Labute approximate surface area is 135 Å². The van der Waals surface area contributed by atoms with E-state index in [1.54, 1.807) is 23.5 Å². The third-order valence-electron chi connectivity index (χ3n) is 3.79. The summed E-state index contributed by atoms with van der Waals surface area (Å²) >= 11 is 1.61. The van der Waals surface area contributed by atoms with Crippen LogP contribution in [0.3, 0.4) is 0 Å². The van der Waals surface area contributed by atoms with E-state index in [1.165, 1.54) is 12.5 Å². The second-order valence-corrected chi connectivity index (χ2v) is 6.45. The molecule has 0 bridgehead atoms. The van der Waals surface area contributed by atoms with Crippen molar-refractivity contribution in [3.8, 4) is 0 Å². The van der Waals surface area contributed by atoms with Crippen molar-refractivity contribution in [2.45, 2.75) is 32.4 Å². The molecule has 0 saturated carbocycles. The molecule has 0 radical (unpaired) electrons. The monoisotopic (exact) mass is 329 g/mol. The van der Waals surface area contributed by atoms with Gasteiger partial charge in [0.2, 0.25) is 0 Å². The number of nitrogens with zero attached hydrogens (tertiary/aromatic N) is 2. The van der Waals surface area contributed by atoms with Crippen molar-refractivity contribution in [2.75, 3.05) is 19.6 Å². The zero-order valence-electron chi connectivity index (χ0n) is 12.1. The first-order valence-electron chi connectivity index (χ1n) is 7.26. The first-order chi connectivity index (χ1) is 9.76. The molecule has 3 rings (SSSR count). The van der Waals surface area contributed by atoms with Gasteiger partial charge in [-0.1, -0.05) is 6.92 Å². The summed E-state index contributed by atoms with van der Waals surface area (Å²) in [6, 6.07) is 5.44. The topological polar surface area (TPSA) is 28.2 Å². The molecule has 116 valence electrons. The van der Waals surface area contributed by atoms with Crippen molar-refractivity contribution in [3.05, 3.63) is 29.0 Å². The lowest BCUT2D eigenvalue weighted by Gasteiger charge is -2.26. The summed E-state index contributed by atoms with van der Waals surface area (Å²) in [5.74, 6) is -0.182. The molecule has 0 amide bonds. The first kappa shape index (κ1) is 16.6. The molecule has 1 aromatic carbocycles. The maximum Gasteiger partial charge on any atom is 0.124 e. The lowest BCUT2D eigenvalue weighted by Crippen LogP contribution is -2.36. The molecule has 1 aromatic heterocycles. The van der Waals surface area contributed by atoms with Crippen molar-refractivity contribution < 1.29 is 4.39 Å². The van der Waals surface area contributed by atoms with Gasteiger partial charge in [0.15, 0.2) is 0 Å². The van der Waals surface area contributed by atoms with Gasteiger partial charge in [0.25, 0.3) is 0 Å². The second kappa shape index (κ2) is 7.49. The molecule has 0 aliphatic carbocycles. The number of benzene rings is 1. The molecule has 1 fully saturated rings. The van der Waals surface area contributed by atoms with E-state index in [-0.39, 0.29) is 18.2 Å². The number of fused-ring (bicyclic) bond motifs is 1. The largest absolute Gasteiger partial charge is 0.315 e. The number of thiazole rings is 1. The van der Waals surface area contributed by atoms with Gasteiger partial charge in [0.1, 0.15) is 10.8 Å². The van der Waals surface area contributed by atoms with E-state index in [4.69, 9.17) is 0 Å². The minimum Gasteiger partial charge on any atom is -0.315 e. The van der Waals surface area contributed by atoms with E-state index >= 15 is 0 Å². The standard InChI is InChI=1S/C15H20FN3S.ClH/c1-2-7-19(12-5-6-17-9-12)10-15-18-13-4-3-11(16)8-14(13)20-15;/h3-4,8,12,17H,2,5-7,9-10H2,1H3;1H. The zero-order valence-corrected chi connectivity index (χ0v) is 13.8. The summed E-state index contributed by atoms with van der Waals surface area (Å²) in [6.45, 7) is 6.36. The summed E-state index contributed by atoms with van der Waals surface area (Å²) < 4.78 is 14.2. The lowest BCUT2D eigenvalue weighted by molar-refractivity contribution is 0.199. The Morgan fingerprint density at radius 3 is 3.05 bits per heavy atom. The Balaban J connectivity index is 0.00000161. The van der Waals surface area contributed by atoms with Crippen molar-refractivity contribution in [1.82, 2.24) is 15.2 Å². The van der Waals surface area contributed by atoms with Crippen LogP contribution in [-0.4, -0.2) is 35.6 Å². The zero-order chi connectivity index (χ0) is 13.9. The molecular weight excluding hydrogens is 309 g/mol. The van der Waals surface area contributed by atoms with Crippen LogP contribution in [0.2, 0.25) is 0 Å². The Kier molecular flexibility index (Phi) is 5.93. The van der Waals surface area contributed by atoms with Gasteiger partial charge in [-0.25, -0.2) is 9.37 Å². The second-order valence-electron chi connectivity index (χ2n) is 5.34. The highest BCUT2D eigenvalue weighted by Gasteiger charge is 2.22. The van der Waals surface area contributed by atoms with E-state index in [1.807, 2.05) is 0 Å². The molecule has 21 heavy (non-hydrogen) atoms. The van der Waals surface area contributed by atoms with Crippen LogP contribution >= 0.6 is 23.7 Å². The average molecular weight is 330 g/mol. The van der Waals surface area contributed by atoms with E-state index < -0.39 is 0 Å². The van der Waals surface area contributed by atoms with Gasteiger partial charge in [-0.3, -0.25) is 4.90 Å². The number of rotatable bonds is 5. The van der Waals surface area contributed by atoms with Gasteiger partial charge in [0.05, 0.1) is 16.8 Å². The van der Waals surface area contributed by atoms with Crippen molar-refractivity contribution in [2.24, 2.45) is 0 Å². The van der Waals surface area contributed by atoms with E-state index in [9.17, 15) is 4.39 Å². The lowest BCUT2D eigenvalue weighted by atomic mass is 10.2. The van der Waals surface area contributed by atoms with Gasteiger partial charge in [0, 0.05) is 12.6 Å². The predicted octanol–water partition coefficient (Wildman–Crippen LogP) is 3.43. The molecule has 6 heteroatoms. The highest BCUT2D eigenvalue weighted by atomic mass is 35.5. The molecule has 1 N–H and O–H groups in total. The summed E-state index contributed by atoms with van der Waals surface area (Å²) in [5, 5.41) is 4.51. The molecular formula is C15H21ClFN3S. The van der Waals surface area contributed by atoms with Gasteiger partial charge < -0.3 is 5.32 Å². The van der Waals surface area contributed by atoms with Crippen LogP contribution in [0.15, 0.2) is 18.2 Å². The SMILES string of the molecule is CCCN(Cc1nc2ccc(F)cc2s1)C1CCNC1.Cl. The smallest absolute Gasteiger partial charge is 0.124 e. The molecule has 3 nitrogen and oxygen atoms in total. The molecule has 0 spiro atoms. The highest BCUT2D eigenvalue weighted by molar-refractivity contribution is 7.18. The minimum atomic E-state index is -0.182. The van der Waals surface area contributed by atoms with Crippen LogP contribution in [0.4, 0.5) is 4.39 Å². The van der Waals surface area contributed by atoms with E-state index in [2.05, 4.69) is 22.1 Å².